The van der Waals surface area contributed by atoms with E-state index in [-0.39, 0.29) is 6.04 Å². The molecule has 3 nitrogen and oxygen atoms in total. The van der Waals surface area contributed by atoms with Crippen molar-refractivity contribution in [3.8, 4) is 0 Å². The van der Waals surface area contributed by atoms with Crippen molar-refractivity contribution in [2.45, 2.75) is 19.4 Å². The molecule has 0 aliphatic carbocycles. The summed E-state index contributed by atoms with van der Waals surface area (Å²) in [4.78, 5) is 5.56. The Morgan fingerprint density at radius 3 is 3.00 bits per heavy atom. The van der Waals surface area contributed by atoms with E-state index in [1.54, 1.807) is 11.3 Å². The molecule has 19 heavy (non-hydrogen) atoms. The number of benzene rings is 1. The summed E-state index contributed by atoms with van der Waals surface area (Å²) < 4.78 is 2.02. The van der Waals surface area contributed by atoms with Crippen LogP contribution in [0.2, 0.25) is 5.02 Å². The zero-order chi connectivity index (χ0) is 13.4. The van der Waals surface area contributed by atoms with Crippen molar-refractivity contribution in [1.29, 1.82) is 0 Å². The standard InChI is InChI=1S/C14H14ClN3S/c1-9-4-10(6-11(15)5-9)13(16)7-12-8-18-2-3-19-14(18)17-12/h2-6,8,13H,7,16H2,1H3. The van der Waals surface area contributed by atoms with Gasteiger partial charge in [0.25, 0.3) is 0 Å². The van der Waals surface area contributed by atoms with E-state index in [0.717, 1.165) is 26.8 Å². The molecule has 0 aliphatic heterocycles. The molecule has 0 spiro atoms. The normalized spacial score (nSPS) is 13.0. The van der Waals surface area contributed by atoms with E-state index < -0.39 is 0 Å². The van der Waals surface area contributed by atoms with Gasteiger partial charge < -0.3 is 5.73 Å². The van der Waals surface area contributed by atoms with Crippen LogP contribution < -0.4 is 5.73 Å². The Hall–Kier alpha value is -1.36. The fourth-order valence-electron chi connectivity index (χ4n) is 2.20. The summed E-state index contributed by atoms with van der Waals surface area (Å²) in [5, 5.41) is 2.75. The van der Waals surface area contributed by atoms with E-state index in [9.17, 15) is 0 Å². The number of nitrogens with two attached hydrogens (primary N) is 1. The van der Waals surface area contributed by atoms with E-state index in [1.165, 1.54) is 0 Å². The molecule has 2 heterocycles. The smallest absolute Gasteiger partial charge is 0.193 e. The average Bonchev–Trinajstić information content (AvgIpc) is 2.88. The van der Waals surface area contributed by atoms with Gasteiger partial charge in [-0.15, -0.1) is 11.3 Å². The van der Waals surface area contributed by atoms with Crippen LogP contribution in [0.15, 0.2) is 36.0 Å². The molecule has 0 saturated heterocycles. The number of fused-ring (bicyclic) bond motifs is 1. The molecular weight excluding hydrogens is 278 g/mol. The fourth-order valence-corrected chi connectivity index (χ4v) is 3.21. The van der Waals surface area contributed by atoms with Gasteiger partial charge in [-0.2, -0.15) is 0 Å². The van der Waals surface area contributed by atoms with Crippen molar-refractivity contribution in [2.24, 2.45) is 5.73 Å². The number of imidazole rings is 1. The molecule has 2 N–H and O–H groups in total. The summed E-state index contributed by atoms with van der Waals surface area (Å²) in [5.41, 5.74) is 9.45. The molecule has 3 rings (SSSR count). The first-order valence-corrected chi connectivity index (χ1v) is 7.31. The van der Waals surface area contributed by atoms with E-state index in [2.05, 4.69) is 11.1 Å². The number of halogens is 1. The summed E-state index contributed by atoms with van der Waals surface area (Å²) in [7, 11) is 0. The lowest BCUT2D eigenvalue weighted by molar-refractivity contribution is 0.709. The maximum atomic E-state index is 6.25. The van der Waals surface area contributed by atoms with Crippen LogP contribution in [-0.2, 0) is 6.42 Å². The molecule has 1 aromatic carbocycles. The van der Waals surface area contributed by atoms with Gasteiger partial charge in [-0.1, -0.05) is 17.7 Å². The topological polar surface area (TPSA) is 43.3 Å². The summed E-state index contributed by atoms with van der Waals surface area (Å²) in [6, 6.07) is 5.86. The Balaban J connectivity index is 1.84. The van der Waals surface area contributed by atoms with Crippen LogP contribution in [0.25, 0.3) is 4.96 Å². The van der Waals surface area contributed by atoms with Crippen LogP contribution in [0.5, 0.6) is 0 Å². The van der Waals surface area contributed by atoms with Crippen LogP contribution in [0, 0.1) is 6.92 Å². The molecule has 0 aliphatic rings. The Labute approximate surface area is 120 Å². The summed E-state index contributed by atoms with van der Waals surface area (Å²) in [6.07, 6.45) is 4.75. The molecule has 1 atom stereocenters. The maximum Gasteiger partial charge on any atom is 0.193 e. The molecular formula is C14H14ClN3S. The van der Waals surface area contributed by atoms with Crippen molar-refractivity contribution >= 4 is 27.9 Å². The molecule has 3 aromatic rings. The minimum absolute atomic E-state index is 0.0815. The molecule has 0 saturated carbocycles. The predicted octanol–water partition coefficient (Wildman–Crippen LogP) is 3.60. The minimum Gasteiger partial charge on any atom is -0.324 e. The molecule has 0 bridgehead atoms. The summed E-state index contributed by atoms with van der Waals surface area (Å²) in [5.74, 6) is 0. The van der Waals surface area contributed by atoms with Gasteiger partial charge in [-0.3, -0.25) is 4.40 Å². The second-order valence-corrected chi connectivity index (χ2v) is 6.01. The van der Waals surface area contributed by atoms with Crippen molar-refractivity contribution < 1.29 is 0 Å². The van der Waals surface area contributed by atoms with Crippen LogP contribution >= 0.6 is 22.9 Å². The zero-order valence-electron chi connectivity index (χ0n) is 10.5. The predicted molar refractivity (Wildman–Crippen MR) is 79.9 cm³/mol. The number of hydrogen-bond acceptors (Lipinski definition) is 3. The SMILES string of the molecule is Cc1cc(Cl)cc(C(N)Cc2cn3ccsc3n2)c1. The van der Waals surface area contributed by atoms with Gasteiger partial charge in [0.1, 0.15) is 0 Å². The van der Waals surface area contributed by atoms with Crippen molar-refractivity contribution in [2.75, 3.05) is 0 Å². The highest BCUT2D eigenvalue weighted by Crippen LogP contribution is 2.22. The third-order valence-electron chi connectivity index (χ3n) is 3.06. The van der Waals surface area contributed by atoms with Crippen LogP contribution in [0.3, 0.4) is 0 Å². The van der Waals surface area contributed by atoms with Crippen molar-refractivity contribution in [1.82, 2.24) is 9.38 Å². The zero-order valence-corrected chi connectivity index (χ0v) is 12.1. The Bertz CT molecular complexity index is 668. The molecule has 1 unspecified atom stereocenters. The van der Waals surface area contributed by atoms with E-state index in [1.807, 2.05) is 41.2 Å². The van der Waals surface area contributed by atoms with Gasteiger partial charge >= 0.3 is 0 Å². The minimum atomic E-state index is -0.0815. The molecule has 0 radical (unpaired) electrons. The van der Waals surface area contributed by atoms with Crippen LogP contribution in [-0.4, -0.2) is 9.38 Å². The molecule has 0 fully saturated rings. The highest BCUT2D eigenvalue weighted by Gasteiger charge is 2.11. The number of aromatic nitrogens is 2. The van der Waals surface area contributed by atoms with E-state index >= 15 is 0 Å². The third kappa shape index (κ3) is 2.66. The molecule has 2 aromatic heterocycles. The first kappa shape index (κ1) is 12.7. The van der Waals surface area contributed by atoms with Gasteiger partial charge in [0.05, 0.1) is 5.69 Å². The van der Waals surface area contributed by atoms with Crippen molar-refractivity contribution in [3.63, 3.8) is 0 Å². The Morgan fingerprint density at radius 2 is 2.26 bits per heavy atom. The van der Waals surface area contributed by atoms with Gasteiger partial charge in [-0.25, -0.2) is 4.98 Å². The number of nitrogens with zero attached hydrogens (tertiary/aromatic N) is 2. The second kappa shape index (κ2) is 4.96. The summed E-state index contributed by atoms with van der Waals surface area (Å²) in [6.45, 7) is 2.02. The fraction of sp³-hybridized carbons (Fsp3) is 0.214. The lowest BCUT2D eigenvalue weighted by Gasteiger charge is -2.11. The van der Waals surface area contributed by atoms with Crippen molar-refractivity contribution in [3.05, 3.63) is 57.8 Å². The highest BCUT2D eigenvalue weighted by atomic mass is 35.5. The highest BCUT2D eigenvalue weighted by molar-refractivity contribution is 7.15. The number of rotatable bonds is 3. The molecule has 0 amide bonds. The van der Waals surface area contributed by atoms with Gasteiger partial charge in [0.2, 0.25) is 0 Å². The van der Waals surface area contributed by atoms with Crippen LogP contribution in [0.1, 0.15) is 22.9 Å². The Kier molecular flexibility index (Phi) is 3.31. The monoisotopic (exact) mass is 291 g/mol. The largest absolute Gasteiger partial charge is 0.324 e. The van der Waals surface area contributed by atoms with Gasteiger partial charge in [0, 0.05) is 35.3 Å². The number of hydrogen-bond donors (Lipinski definition) is 1. The van der Waals surface area contributed by atoms with E-state index in [0.29, 0.717) is 6.42 Å². The molecule has 5 heteroatoms. The summed E-state index contributed by atoms with van der Waals surface area (Å²) >= 11 is 7.70. The lowest BCUT2D eigenvalue weighted by atomic mass is 10.0. The first-order valence-electron chi connectivity index (χ1n) is 6.05. The maximum absolute atomic E-state index is 6.25. The first-order chi connectivity index (χ1) is 9.11. The van der Waals surface area contributed by atoms with Crippen LogP contribution in [0.4, 0.5) is 0 Å². The van der Waals surface area contributed by atoms with Gasteiger partial charge in [0.15, 0.2) is 4.96 Å². The molecule has 98 valence electrons. The average molecular weight is 292 g/mol. The number of thiazole rings is 1. The second-order valence-electron chi connectivity index (χ2n) is 4.70. The third-order valence-corrected chi connectivity index (χ3v) is 4.05. The Morgan fingerprint density at radius 1 is 1.42 bits per heavy atom. The van der Waals surface area contributed by atoms with E-state index in [4.69, 9.17) is 17.3 Å². The lowest BCUT2D eigenvalue weighted by Crippen LogP contribution is -2.13. The quantitative estimate of drug-likeness (QED) is 0.801. The van der Waals surface area contributed by atoms with Gasteiger partial charge in [-0.05, 0) is 30.2 Å². The number of aryl methyl sites for hydroxylation is 1.